The Morgan fingerprint density at radius 3 is 2.78 bits per heavy atom. The first-order chi connectivity index (χ1) is 13.0. The van der Waals surface area contributed by atoms with Crippen molar-refractivity contribution < 1.29 is 4.39 Å². The molecule has 0 saturated carbocycles. The van der Waals surface area contributed by atoms with Crippen LogP contribution in [0.4, 0.5) is 4.39 Å². The molecule has 5 nitrogen and oxygen atoms in total. The van der Waals surface area contributed by atoms with E-state index in [1.54, 1.807) is 30.3 Å². The third-order valence-corrected chi connectivity index (χ3v) is 5.37. The summed E-state index contributed by atoms with van der Waals surface area (Å²) in [5.74, 6) is -0.173. The molecule has 0 bridgehead atoms. The van der Waals surface area contributed by atoms with Crippen molar-refractivity contribution in [3.05, 3.63) is 80.4 Å². The zero-order chi connectivity index (χ0) is 19.0. The molecule has 2 aromatic heterocycles. The second kappa shape index (κ2) is 7.34. The second-order valence-electron chi connectivity index (χ2n) is 5.63. The van der Waals surface area contributed by atoms with Gasteiger partial charge in [-0.25, -0.2) is 14.1 Å². The van der Waals surface area contributed by atoms with E-state index in [-0.39, 0.29) is 11.3 Å². The topological polar surface area (TPSA) is 63.6 Å². The van der Waals surface area contributed by atoms with Gasteiger partial charge in [-0.3, -0.25) is 4.79 Å². The lowest BCUT2D eigenvalue weighted by atomic mass is 10.2. The molecule has 0 spiro atoms. The maximum Gasteiger partial charge on any atom is 0.262 e. The van der Waals surface area contributed by atoms with Crippen LogP contribution in [0.3, 0.4) is 0 Å². The standard InChI is InChI=1S/C18H11Cl2FN4OS/c19-10-3-1-4-11(7-10)25-16-12(8-22-25)17(26)24-18(23-16)27-9-13-14(20)5-2-6-15(13)21/h1-8H,9H2,(H,23,24,26). The van der Waals surface area contributed by atoms with Crippen molar-refractivity contribution >= 4 is 46.0 Å². The molecule has 136 valence electrons. The van der Waals surface area contributed by atoms with Crippen molar-refractivity contribution in [2.45, 2.75) is 10.9 Å². The average molecular weight is 421 g/mol. The van der Waals surface area contributed by atoms with Crippen LogP contribution in [0.1, 0.15) is 5.56 Å². The van der Waals surface area contributed by atoms with Gasteiger partial charge < -0.3 is 4.98 Å². The summed E-state index contributed by atoms with van der Waals surface area (Å²) in [5, 5.41) is 5.81. The molecule has 0 fully saturated rings. The van der Waals surface area contributed by atoms with Crippen LogP contribution in [0.15, 0.2) is 58.6 Å². The van der Waals surface area contributed by atoms with Crippen LogP contribution in [0.2, 0.25) is 10.0 Å². The predicted octanol–water partition coefficient (Wildman–Crippen LogP) is 4.85. The molecule has 0 saturated heterocycles. The van der Waals surface area contributed by atoms with Crippen molar-refractivity contribution in [2.75, 3.05) is 0 Å². The number of aromatic amines is 1. The molecule has 0 aliphatic rings. The minimum absolute atomic E-state index is 0.227. The summed E-state index contributed by atoms with van der Waals surface area (Å²) in [5.41, 5.74) is 1.11. The van der Waals surface area contributed by atoms with Gasteiger partial charge in [0.25, 0.3) is 5.56 Å². The van der Waals surface area contributed by atoms with Gasteiger partial charge >= 0.3 is 0 Å². The summed E-state index contributed by atoms with van der Waals surface area (Å²) >= 11 is 13.3. The molecule has 0 aliphatic heterocycles. The molecule has 4 rings (SSSR count). The van der Waals surface area contributed by atoms with E-state index in [2.05, 4.69) is 15.1 Å². The van der Waals surface area contributed by atoms with Gasteiger partial charge in [0.15, 0.2) is 10.8 Å². The minimum atomic E-state index is -0.401. The maximum atomic E-state index is 13.9. The number of thioether (sulfide) groups is 1. The average Bonchev–Trinajstić information content (AvgIpc) is 3.06. The molecule has 9 heteroatoms. The summed E-state index contributed by atoms with van der Waals surface area (Å²) < 4.78 is 15.5. The fraction of sp³-hybridized carbons (Fsp3) is 0.0556. The Morgan fingerprint density at radius 1 is 1.19 bits per heavy atom. The van der Waals surface area contributed by atoms with E-state index in [0.717, 1.165) is 0 Å². The Hall–Kier alpha value is -2.35. The second-order valence-corrected chi connectivity index (χ2v) is 7.44. The molecule has 2 heterocycles. The molecule has 0 atom stereocenters. The van der Waals surface area contributed by atoms with E-state index in [9.17, 15) is 9.18 Å². The number of nitrogens with zero attached hydrogens (tertiary/aromatic N) is 3. The van der Waals surface area contributed by atoms with Gasteiger partial charge in [-0.05, 0) is 30.3 Å². The van der Waals surface area contributed by atoms with Gasteiger partial charge in [0.05, 0.1) is 11.9 Å². The van der Waals surface area contributed by atoms with E-state index in [4.69, 9.17) is 23.2 Å². The van der Waals surface area contributed by atoms with Crippen LogP contribution in [-0.4, -0.2) is 19.7 Å². The Labute approximate surface area is 167 Å². The number of halogens is 3. The lowest BCUT2D eigenvalue weighted by Crippen LogP contribution is -2.10. The monoisotopic (exact) mass is 420 g/mol. The summed E-state index contributed by atoms with van der Waals surface area (Å²) in [4.78, 5) is 19.5. The summed E-state index contributed by atoms with van der Waals surface area (Å²) in [6.45, 7) is 0. The number of H-pyrrole nitrogens is 1. The number of hydrogen-bond acceptors (Lipinski definition) is 4. The normalized spacial score (nSPS) is 11.2. The fourth-order valence-corrected chi connectivity index (χ4v) is 3.96. The quantitative estimate of drug-likeness (QED) is 0.378. The zero-order valence-electron chi connectivity index (χ0n) is 13.6. The first-order valence-electron chi connectivity index (χ1n) is 7.82. The van der Waals surface area contributed by atoms with E-state index in [0.29, 0.717) is 37.5 Å². The first kappa shape index (κ1) is 18.0. The van der Waals surface area contributed by atoms with Crippen molar-refractivity contribution in [3.8, 4) is 5.69 Å². The molecule has 0 radical (unpaired) electrons. The Bertz CT molecular complexity index is 1190. The van der Waals surface area contributed by atoms with Crippen LogP contribution in [0.25, 0.3) is 16.7 Å². The van der Waals surface area contributed by atoms with E-state index < -0.39 is 5.82 Å². The highest BCUT2D eigenvalue weighted by atomic mass is 35.5. The molecule has 27 heavy (non-hydrogen) atoms. The van der Waals surface area contributed by atoms with Crippen molar-refractivity contribution in [1.82, 2.24) is 19.7 Å². The summed E-state index contributed by atoms with van der Waals surface area (Å²) in [7, 11) is 0. The third-order valence-electron chi connectivity index (χ3n) is 3.88. The summed E-state index contributed by atoms with van der Waals surface area (Å²) in [6.07, 6.45) is 1.45. The highest BCUT2D eigenvalue weighted by Crippen LogP contribution is 2.27. The fourth-order valence-electron chi connectivity index (χ4n) is 2.57. The van der Waals surface area contributed by atoms with Gasteiger partial charge in [0.1, 0.15) is 11.2 Å². The largest absolute Gasteiger partial charge is 0.301 e. The number of rotatable bonds is 4. The van der Waals surface area contributed by atoms with Gasteiger partial charge in [-0.15, -0.1) is 0 Å². The number of aromatic nitrogens is 4. The molecule has 0 amide bonds. The Kier molecular flexibility index (Phi) is 4.90. The van der Waals surface area contributed by atoms with Crippen molar-refractivity contribution in [1.29, 1.82) is 0 Å². The van der Waals surface area contributed by atoms with Gasteiger partial charge in [0.2, 0.25) is 0 Å². The Balaban J connectivity index is 1.73. The molecule has 0 aliphatic carbocycles. The number of fused-ring (bicyclic) bond motifs is 1. The van der Waals surface area contributed by atoms with E-state index >= 15 is 0 Å². The van der Waals surface area contributed by atoms with Gasteiger partial charge in [0, 0.05) is 21.4 Å². The maximum absolute atomic E-state index is 13.9. The van der Waals surface area contributed by atoms with Crippen LogP contribution in [0.5, 0.6) is 0 Å². The predicted molar refractivity (Wildman–Crippen MR) is 105 cm³/mol. The molecular formula is C18H11Cl2FN4OS. The highest BCUT2D eigenvalue weighted by molar-refractivity contribution is 7.98. The van der Waals surface area contributed by atoms with E-state index in [1.165, 1.54) is 28.7 Å². The van der Waals surface area contributed by atoms with Crippen molar-refractivity contribution in [2.24, 2.45) is 0 Å². The molecule has 4 aromatic rings. The minimum Gasteiger partial charge on any atom is -0.301 e. The Morgan fingerprint density at radius 2 is 2.00 bits per heavy atom. The number of hydrogen-bond donors (Lipinski definition) is 1. The molecule has 0 unspecified atom stereocenters. The lowest BCUT2D eigenvalue weighted by molar-refractivity contribution is 0.617. The van der Waals surface area contributed by atoms with Crippen molar-refractivity contribution in [3.63, 3.8) is 0 Å². The smallest absolute Gasteiger partial charge is 0.262 e. The number of nitrogens with one attached hydrogen (secondary N) is 1. The zero-order valence-corrected chi connectivity index (χ0v) is 15.9. The SMILES string of the molecule is O=c1[nH]c(SCc2c(F)cccc2Cl)nc2c1cnn2-c1cccc(Cl)c1. The molecule has 2 aromatic carbocycles. The highest BCUT2D eigenvalue weighted by Gasteiger charge is 2.14. The molecule has 1 N–H and O–H groups in total. The van der Waals surface area contributed by atoms with Crippen LogP contribution >= 0.6 is 35.0 Å². The third kappa shape index (κ3) is 3.58. The number of benzene rings is 2. The first-order valence-corrected chi connectivity index (χ1v) is 9.57. The van der Waals surface area contributed by atoms with Crippen LogP contribution in [-0.2, 0) is 5.75 Å². The van der Waals surface area contributed by atoms with Gasteiger partial charge in [-0.2, -0.15) is 5.10 Å². The molecular weight excluding hydrogens is 410 g/mol. The van der Waals surface area contributed by atoms with E-state index in [1.807, 2.05) is 6.07 Å². The van der Waals surface area contributed by atoms with Crippen LogP contribution < -0.4 is 5.56 Å². The lowest BCUT2D eigenvalue weighted by Gasteiger charge is -2.06. The summed E-state index contributed by atoms with van der Waals surface area (Å²) in [6, 6.07) is 11.6. The van der Waals surface area contributed by atoms with Crippen LogP contribution in [0, 0.1) is 5.82 Å². The van der Waals surface area contributed by atoms with Gasteiger partial charge in [-0.1, -0.05) is 47.1 Å².